The number of esters is 1. The number of benzene rings is 1. The maximum Gasteiger partial charge on any atom is 0.311 e. The first-order valence-corrected chi connectivity index (χ1v) is 12.9. The molecule has 34 heavy (non-hydrogen) atoms. The number of aliphatic hydroxyl groups excluding tert-OH is 1. The van der Waals surface area contributed by atoms with Crippen molar-refractivity contribution in [3.8, 4) is 0 Å². The Morgan fingerprint density at radius 3 is 2.74 bits per heavy atom. The quantitative estimate of drug-likeness (QED) is 0.511. The van der Waals surface area contributed by atoms with Crippen molar-refractivity contribution in [3.05, 3.63) is 60.2 Å². The van der Waals surface area contributed by atoms with Crippen LogP contribution in [0.4, 0.5) is 0 Å². The molecule has 5 rings (SSSR count). The fraction of sp³-hybridized carbons (Fsp3) is 0.500. The molecule has 5 atom stereocenters. The van der Waals surface area contributed by atoms with E-state index >= 15 is 0 Å². The molecule has 8 heteroatoms. The topological polar surface area (TPSA) is 87.2 Å². The van der Waals surface area contributed by atoms with E-state index in [2.05, 4.69) is 6.08 Å². The molecule has 0 saturated carbocycles. The Bertz CT molecular complexity index is 1010. The number of carbonyl (C=O) groups excluding carboxylic acids is 3. The molecule has 0 bridgehead atoms. The zero-order valence-corrected chi connectivity index (χ0v) is 19.9. The Labute approximate surface area is 203 Å². The van der Waals surface area contributed by atoms with Gasteiger partial charge in [0.2, 0.25) is 11.8 Å². The van der Waals surface area contributed by atoms with Gasteiger partial charge in [0.15, 0.2) is 0 Å². The van der Waals surface area contributed by atoms with E-state index in [0.29, 0.717) is 26.1 Å². The van der Waals surface area contributed by atoms with Crippen molar-refractivity contribution in [1.29, 1.82) is 0 Å². The molecule has 4 aliphatic rings. The molecular formula is C26H30N2O5S. The Morgan fingerprint density at radius 1 is 1.12 bits per heavy atom. The van der Waals surface area contributed by atoms with Crippen LogP contribution in [0, 0.1) is 11.8 Å². The van der Waals surface area contributed by atoms with Gasteiger partial charge in [0.1, 0.15) is 6.04 Å². The number of nitrogens with zero attached hydrogens (tertiary/aromatic N) is 2. The van der Waals surface area contributed by atoms with Gasteiger partial charge >= 0.3 is 5.97 Å². The van der Waals surface area contributed by atoms with Gasteiger partial charge < -0.3 is 19.6 Å². The summed E-state index contributed by atoms with van der Waals surface area (Å²) in [5.74, 6) is -1.96. The van der Waals surface area contributed by atoms with Crippen molar-refractivity contribution in [3.63, 3.8) is 0 Å². The molecule has 0 aromatic heterocycles. The number of likely N-dealkylation sites (tertiary alicyclic amines) is 1. The second-order valence-corrected chi connectivity index (χ2v) is 10.8. The third-order valence-corrected chi connectivity index (χ3v) is 8.95. The first-order valence-electron chi connectivity index (χ1n) is 12.0. The van der Waals surface area contributed by atoms with Crippen LogP contribution in [0.5, 0.6) is 0 Å². The van der Waals surface area contributed by atoms with Crippen LogP contribution in [0.2, 0.25) is 0 Å². The number of carbonyl (C=O) groups is 3. The third-order valence-electron chi connectivity index (χ3n) is 7.21. The largest absolute Gasteiger partial charge is 0.465 e. The van der Waals surface area contributed by atoms with Gasteiger partial charge in [-0.1, -0.05) is 54.6 Å². The van der Waals surface area contributed by atoms with E-state index in [1.165, 1.54) is 0 Å². The zero-order valence-electron chi connectivity index (χ0n) is 19.0. The molecule has 2 amide bonds. The van der Waals surface area contributed by atoms with Crippen molar-refractivity contribution in [2.24, 2.45) is 11.8 Å². The standard InChI is InChI=1S/C26H30N2O5S/c29-15-8-14-28-22-24(31)27(17-18-9-3-1-4-10-18)13-7-12-26(22)21(23(28)30)20-19(34-26)11-5-2-6-16-33-25(20)32/h1,3-5,7,9-12,19-22,29H,2,6,8,13-17H2/b11-5-/t19-,20+,21+,22?,26+/m1/s1. The van der Waals surface area contributed by atoms with Crippen LogP contribution in [0.3, 0.4) is 0 Å². The minimum Gasteiger partial charge on any atom is -0.465 e. The molecule has 2 saturated heterocycles. The van der Waals surface area contributed by atoms with Gasteiger partial charge in [0, 0.05) is 31.5 Å². The highest BCUT2D eigenvalue weighted by Gasteiger charge is 2.70. The number of cyclic esters (lactones) is 1. The normalized spacial score (nSPS) is 33.9. The summed E-state index contributed by atoms with van der Waals surface area (Å²) in [5, 5.41) is 9.25. The Morgan fingerprint density at radius 2 is 1.94 bits per heavy atom. The summed E-state index contributed by atoms with van der Waals surface area (Å²) in [6, 6.07) is 9.08. The number of rotatable bonds is 5. The second-order valence-electron chi connectivity index (χ2n) is 9.30. The summed E-state index contributed by atoms with van der Waals surface area (Å²) < 4.78 is 4.72. The van der Waals surface area contributed by atoms with Crippen LogP contribution in [-0.2, 0) is 25.7 Å². The highest BCUT2D eigenvalue weighted by atomic mass is 32.2. The summed E-state index contributed by atoms with van der Waals surface area (Å²) in [4.78, 5) is 44.5. The van der Waals surface area contributed by atoms with Crippen molar-refractivity contribution >= 4 is 29.5 Å². The van der Waals surface area contributed by atoms with Crippen LogP contribution in [0.1, 0.15) is 24.8 Å². The van der Waals surface area contributed by atoms with Crippen molar-refractivity contribution in [2.75, 3.05) is 26.3 Å². The predicted molar refractivity (Wildman–Crippen MR) is 129 cm³/mol. The zero-order chi connectivity index (χ0) is 23.7. The molecule has 1 aromatic rings. The number of allylic oxidation sites excluding steroid dienone is 1. The highest BCUT2D eigenvalue weighted by molar-refractivity contribution is 8.02. The van der Waals surface area contributed by atoms with Gasteiger partial charge in [-0.05, 0) is 24.8 Å². The maximum atomic E-state index is 14.0. The van der Waals surface area contributed by atoms with Crippen LogP contribution in [0.15, 0.2) is 54.6 Å². The van der Waals surface area contributed by atoms with Gasteiger partial charge in [-0.25, -0.2) is 0 Å². The smallest absolute Gasteiger partial charge is 0.311 e. The van der Waals surface area contributed by atoms with Gasteiger partial charge in [-0.2, -0.15) is 0 Å². The number of ether oxygens (including phenoxy) is 1. The average molecular weight is 483 g/mol. The maximum absolute atomic E-state index is 14.0. The van der Waals surface area contributed by atoms with Crippen LogP contribution >= 0.6 is 11.8 Å². The molecule has 4 aliphatic heterocycles. The lowest BCUT2D eigenvalue weighted by Gasteiger charge is -2.35. The number of amides is 2. The Hall–Kier alpha value is -2.58. The van der Waals surface area contributed by atoms with Gasteiger partial charge in [-0.15, -0.1) is 11.8 Å². The van der Waals surface area contributed by atoms with Crippen LogP contribution in [0.25, 0.3) is 0 Å². The molecule has 0 radical (unpaired) electrons. The van der Waals surface area contributed by atoms with Crippen molar-refractivity contribution in [2.45, 2.75) is 41.8 Å². The lowest BCUT2D eigenvalue weighted by Crippen LogP contribution is -2.53. The monoisotopic (exact) mass is 482 g/mol. The van der Waals surface area contributed by atoms with E-state index in [1.807, 2.05) is 48.6 Å². The lowest BCUT2D eigenvalue weighted by molar-refractivity contribution is -0.153. The van der Waals surface area contributed by atoms with Crippen LogP contribution < -0.4 is 0 Å². The fourth-order valence-electron chi connectivity index (χ4n) is 5.73. The number of fused-ring (bicyclic) bond motifs is 2. The average Bonchev–Trinajstić information content (AvgIpc) is 3.25. The van der Waals surface area contributed by atoms with Gasteiger partial charge in [0.25, 0.3) is 0 Å². The number of hydrogen-bond acceptors (Lipinski definition) is 6. The molecule has 1 N–H and O–H groups in total. The predicted octanol–water partition coefficient (Wildman–Crippen LogP) is 2.16. The first kappa shape index (κ1) is 23.2. The number of hydrogen-bond donors (Lipinski definition) is 1. The molecule has 1 aromatic carbocycles. The van der Waals surface area contributed by atoms with Crippen molar-refractivity contribution in [1.82, 2.24) is 9.80 Å². The fourth-order valence-corrected chi connectivity index (χ4v) is 7.73. The molecule has 1 unspecified atom stereocenters. The lowest BCUT2D eigenvalue weighted by atomic mass is 9.78. The number of thioether (sulfide) groups is 1. The molecular weight excluding hydrogens is 452 g/mol. The minimum absolute atomic E-state index is 0.0735. The van der Waals surface area contributed by atoms with Gasteiger partial charge in [0.05, 0.1) is 23.2 Å². The van der Waals surface area contributed by atoms with Crippen LogP contribution in [-0.4, -0.2) is 75.0 Å². The van der Waals surface area contributed by atoms with Gasteiger partial charge in [-0.3, -0.25) is 14.4 Å². The van der Waals surface area contributed by atoms with E-state index in [9.17, 15) is 19.5 Å². The molecule has 180 valence electrons. The van der Waals surface area contributed by atoms with E-state index in [1.54, 1.807) is 21.6 Å². The molecule has 4 heterocycles. The van der Waals surface area contributed by atoms with E-state index in [-0.39, 0.29) is 36.2 Å². The molecule has 1 spiro atoms. The second kappa shape index (κ2) is 9.58. The minimum atomic E-state index is -0.840. The Balaban J connectivity index is 1.55. The third kappa shape index (κ3) is 3.86. The molecule has 2 fully saturated rings. The Kier molecular flexibility index (Phi) is 6.53. The highest BCUT2D eigenvalue weighted by Crippen LogP contribution is 2.60. The summed E-state index contributed by atoms with van der Waals surface area (Å²) in [6.07, 6.45) is 10.0. The summed E-state index contributed by atoms with van der Waals surface area (Å²) in [6.45, 7) is 1.43. The SMILES string of the molecule is O=C1OCCC/C=C\[C@H]2S[C@]34C=CCN(Cc5ccccc5)C(=O)C3N(CCCO)C(=O)[C@@H]4[C@@H]12. The van der Waals surface area contributed by atoms with E-state index < -0.39 is 22.6 Å². The first-order chi connectivity index (χ1) is 16.6. The summed E-state index contributed by atoms with van der Waals surface area (Å²) in [5.41, 5.74) is 1.02. The molecule has 0 aliphatic carbocycles. The summed E-state index contributed by atoms with van der Waals surface area (Å²) in [7, 11) is 0. The van der Waals surface area contributed by atoms with E-state index in [4.69, 9.17) is 4.74 Å². The van der Waals surface area contributed by atoms with E-state index in [0.717, 1.165) is 18.4 Å². The summed E-state index contributed by atoms with van der Waals surface area (Å²) >= 11 is 1.55. The molecule has 7 nitrogen and oxygen atoms in total. The van der Waals surface area contributed by atoms with Crippen molar-refractivity contribution < 1.29 is 24.2 Å². The number of aliphatic hydroxyl groups is 1.